The van der Waals surface area contributed by atoms with Gasteiger partial charge in [0.05, 0.1) is 20.3 Å². The summed E-state index contributed by atoms with van der Waals surface area (Å²) in [6.07, 6.45) is 2.50. The summed E-state index contributed by atoms with van der Waals surface area (Å²) in [4.78, 5) is 15.1. The number of hydrogen-bond acceptors (Lipinski definition) is 4. The number of amides is 1. The number of ether oxygens (including phenoxy) is 2. The molecule has 1 heterocycles. The molecule has 1 fully saturated rings. The predicted octanol–water partition coefficient (Wildman–Crippen LogP) is 4.43. The van der Waals surface area contributed by atoms with Crippen LogP contribution in [0.4, 0.5) is 5.69 Å². The molecule has 1 amide bonds. The fourth-order valence-electron chi connectivity index (χ4n) is 3.58. The van der Waals surface area contributed by atoms with Gasteiger partial charge in [-0.1, -0.05) is 19.1 Å². The van der Waals surface area contributed by atoms with E-state index in [9.17, 15) is 4.79 Å². The fourth-order valence-corrected chi connectivity index (χ4v) is 3.58. The molecule has 2 aromatic carbocycles. The molecule has 150 valence electrons. The Morgan fingerprint density at radius 3 is 2.29 bits per heavy atom. The van der Waals surface area contributed by atoms with Crippen molar-refractivity contribution in [1.29, 1.82) is 0 Å². The van der Waals surface area contributed by atoms with E-state index in [1.807, 2.05) is 6.92 Å². The lowest BCUT2D eigenvalue weighted by atomic mass is 9.98. The first-order valence-electron chi connectivity index (χ1n) is 9.89. The van der Waals surface area contributed by atoms with Gasteiger partial charge in [-0.05, 0) is 61.6 Å². The van der Waals surface area contributed by atoms with Crippen LogP contribution in [0.2, 0.25) is 0 Å². The van der Waals surface area contributed by atoms with Gasteiger partial charge in [0, 0.05) is 24.3 Å². The van der Waals surface area contributed by atoms with Crippen molar-refractivity contribution in [3.8, 4) is 11.5 Å². The lowest BCUT2D eigenvalue weighted by molar-refractivity contribution is 0.0939. The lowest BCUT2D eigenvalue weighted by Crippen LogP contribution is -2.32. The number of carbonyl (C=O) groups is 1. The molecule has 1 N–H and O–H groups in total. The highest BCUT2D eigenvalue weighted by Crippen LogP contribution is 2.28. The van der Waals surface area contributed by atoms with E-state index in [4.69, 9.17) is 9.47 Å². The van der Waals surface area contributed by atoms with Crippen molar-refractivity contribution in [3.05, 3.63) is 53.6 Å². The highest BCUT2D eigenvalue weighted by molar-refractivity contribution is 5.95. The Morgan fingerprint density at radius 2 is 1.68 bits per heavy atom. The Kier molecular flexibility index (Phi) is 6.45. The van der Waals surface area contributed by atoms with E-state index >= 15 is 0 Å². The van der Waals surface area contributed by atoms with E-state index in [0.717, 1.165) is 24.6 Å². The summed E-state index contributed by atoms with van der Waals surface area (Å²) in [6, 6.07) is 13.6. The number of hydrogen-bond donors (Lipinski definition) is 1. The zero-order chi connectivity index (χ0) is 20.1. The molecule has 3 rings (SSSR count). The third-order valence-corrected chi connectivity index (χ3v) is 5.54. The fraction of sp³-hybridized carbons (Fsp3) is 0.435. The van der Waals surface area contributed by atoms with Gasteiger partial charge in [-0.3, -0.25) is 4.79 Å². The Labute approximate surface area is 167 Å². The van der Waals surface area contributed by atoms with Gasteiger partial charge in [-0.2, -0.15) is 0 Å². The molecule has 0 aliphatic carbocycles. The van der Waals surface area contributed by atoms with Gasteiger partial charge < -0.3 is 19.7 Å². The third-order valence-electron chi connectivity index (χ3n) is 5.54. The smallest absolute Gasteiger partial charge is 0.251 e. The molecule has 0 bridgehead atoms. The van der Waals surface area contributed by atoms with Crippen molar-refractivity contribution < 1.29 is 14.3 Å². The average molecular weight is 383 g/mol. The number of rotatable bonds is 6. The van der Waals surface area contributed by atoms with E-state index in [-0.39, 0.29) is 11.9 Å². The number of anilines is 1. The van der Waals surface area contributed by atoms with Crippen molar-refractivity contribution in [1.82, 2.24) is 5.32 Å². The Hall–Kier alpha value is -2.69. The van der Waals surface area contributed by atoms with E-state index in [1.165, 1.54) is 18.5 Å². The average Bonchev–Trinajstić information content (AvgIpc) is 2.73. The van der Waals surface area contributed by atoms with E-state index in [2.05, 4.69) is 41.4 Å². The Morgan fingerprint density at radius 1 is 1.04 bits per heavy atom. The van der Waals surface area contributed by atoms with Gasteiger partial charge >= 0.3 is 0 Å². The normalized spacial score (nSPS) is 15.8. The standard InChI is InChI=1S/C23H30N2O3/c1-16-11-13-25(14-12-16)20-8-5-18(6-9-20)17(2)24-23(26)19-7-10-21(27-3)22(15-19)28-4/h5-10,15-17H,11-14H2,1-4H3,(H,24,26). The van der Waals surface area contributed by atoms with Crippen molar-refractivity contribution >= 4 is 11.6 Å². The van der Waals surface area contributed by atoms with Crippen LogP contribution in [0.15, 0.2) is 42.5 Å². The minimum atomic E-state index is -0.137. The zero-order valence-corrected chi connectivity index (χ0v) is 17.2. The Bertz CT molecular complexity index is 796. The van der Waals surface area contributed by atoms with Crippen molar-refractivity contribution in [3.63, 3.8) is 0 Å². The number of nitrogens with one attached hydrogen (secondary N) is 1. The summed E-state index contributed by atoms with van der Waals surface area (Å²) in [5.41, 5.74) is 2.89. The summed E-state index contributed by atoms with van der Waals surface area (Å²) in [5.74, 6) is 1.84. The van der Waals surface area contributed by atoms with Crippen LogP contribution in [0.3, 0.4) is 0 Å². The summed E-state index contributed by atoms with van der Waals surface area (Å²) in [6.45, 7) is 6.55. The number of nitrogens with zero attached hydrogens (tertiary/aromatic N) is 1. The molecule has 1 aliphatic heterocycles. The second-order valence-corrected chi connectivity index (χ2v) is 7.53. The van der Waals surface area contributed by atoms with Crippen LogP contribution in [0.5, 0.6) is 11.5 Å². The monoisotopic (exact) mass is 382 g/mol. The second kappa shape index (κ2) is 9.00. The molecule has 0 spiro atoms. The summed E-state index contributed by atoms with van der Waals surface area (Å²) in [7, 11) is 3.14. The third kappa shape index (κ3) is 4.58. The van der Waals surface area contributed by atoms with Gasteiger partial charge in [0.15, 0.2) is 11.5 Å². The van der Waals surface area contributed by atoms with E-state index in [1.54, 1.807) is 32.4 Å². The molecule has 1 atom stereocenters. The van der Waals surface area contributed by atoms with Crippen LogP contribution >= 0.6 is 0 Å². The topological polar surface area (TPSA) is 50.8 Å². The molecule has 1 unspecified atom stereocenters. The highest BCUT2D eigenvalue weighted by atomic mass is 16.5. The van der Waals surface area contributed by atoms with Gasteiger partial charge in [-0.25, -0.2) is 0 Å². The molecule has 5 heteroatoms. The van der Waals surface area contributed by atoms with Crippen molar-refractivity contribution in [2.75, 3.05) is 32.2 Å². The first-order chi connectivity index (χ1) is 13.5. The molecule has 0 radical (unpaired) electrons. The molecular formula is C23H30N2O3. The first kappa shape index (κ1) is 20.1. The van der Waals surface area contributed by atoms with Crippen LogP contribution in [-0.4, -0.2) is 33.2 Å². The summed E-state index contributed by atoms with van der Waals surface area (Å²) >= 11 is 0. The molecule has 5 nitrogen and oxygen atoms in total. The molecule has 28 heavy (non-hydrogen) atoms. The Balaban J connectivity index is 1.64. The van der Waals surface area contributed by atoms with E-state index in [0.29, 0.717) is 17.1 Å². The molecule has 2 aromatic rings. The molecule has 1 aliphatic rings. The van der Waals surface area contributed by atoms with Gasteiger partial charge in [-0.15, -0.1) is 0 Å². The van der Waals surface area contributed by atoms with Gasteiger partial charge in [0.1, 0.15) is 0 Å². The molecular weight excluding hydrogens is 352 g/mol. The van der Waals surface area contributed by atoms with Crippen molar-refractivity contribution in [2.24, 2.45) is 5.92 Å². The molecule has 0 saturated carbocycles. The summed E-state index contributed by atoms with van der Waals surface area (Å²) in [5, 5.41) is 3.06. The quantitative estimate of drug-likeness (QED) is 0.803. The number of methoxy groups -OCH3 is 2. The summed E-state index contributed by atoms with van der Waals surface area (Å²) < 4.78 is 10.5. The lowest BCUT2D eigenvalue weighted by Gasteiger charge is -2.32. The van der Waals surface area contributed by atoms with Gasteiger partial charge in [0.2, 0.25) is 0 Å². The predicted molar refractivity (Wildman–Crippen MR) is 112 cm³/mol. The zero-order valence-electron chi connectivity index (χ0n) is 17.2. The maximum Gasteiger partial charge on any atom is 0.251 e. The van der Waals surface area contributed by atoms with Crippen LogP contribution in [-0.2, 0) is 0 Å². The van der Waals surface area contributed by atoms with Crippen molar-refractivity contribution in [2.45, 2.75) is 32.7 Å². The van der Waals surface area contributed by atoms with Crippen LogP contribution in [0, 0.1) is 5.92 Å². The SMILES string of the molecule is COc1ccc(C(=O)NC(C)c2ccc(N3CCC(C)CC3)cc2)cc1OC. The highest BCUT2D eigenvalue weighted by Gasteiger charge is 2.17. The molecule has 1 saturated heterocycles. The number of piperidine rings is 1. The van der Waals surface area contributed by atoms with Gasteiger partial charge in [0.25, 0.3) is 5.91 Å². The maximum absolute atomic E-state index is 12.6. The maximum atomic E-state index is 12.6. The largest absolute Gasteiger partial charge is 0.493 e. The van der Waals surface area contributed by atoms with Crippen LogP contribution < -0.4 is 19.7 Å². The van der Waals surface area contributed by atoms with Crippen LogP contribution in [0.25, 0.3) is 0 Å². The molecule has 0 aromatic heterocycles. The minimum absolute atomic E-state index is 0.0870. The second-order valence-electron chi connectivity index (χ2n) is 7.53. The first-order valence-corrected chi connectivity index (χ1v) is 9.89. The van der Waals surface area contributed by atoms with Crippen LogP contribution in [0.1, 0.15) is 48.7 Å². The minimum Gasteiger partial charge on any atom is -0.493 e. The number of benzene rings is 2. The number of carbonyl (C=O) groups excluding carboxylic acids is 1. The van der Waals surface area contributed by atoms with E-state index < -0.39 is 0 Å².